The van der Waals surface area contributed by atoms with Gasteiger partial charge in [-0.2, -0.15) is 0 Å². The van der Waals surface area contributed by atoms with Gasteiger partial charge in [0.15, 0.2) is 0 Å². The molecule has 2 aromatic rings. The highest BCUT2D eigenvalue weighted by atomic mass is 16.2. The Labute approximate surface area is 139 Å². The molecule has 1 amide bonds. The summed E-state index contributed by atoms with van der Waals surface area (Å²) < 4.78 is 0. The number of benzene rings is 2. The average Bonchev–Trinajstić information content (AvgIpc) is 2.52. The van der Waals surface area contributed by atoms with Crippen LogP contribution in [0.15, 0.2) is 60.7 Å². The first-order valence-electron chi connectivity index (χ1n) is 8.05. The molecular formula is C20H26N2O. The van der Waals surface area contributed by atoms with Crippen molar-refractivity contribution >= 4 is 5.91 Å². The third-order valence-electron chi connectivity index (χ3n) is 3.57. The monoisotopic (exact) mass is 310 g/mol. The summed E-state index contributed by atoms with van der Waals surface area (Å²) in [4.78, 5) is 12.4. The molecule has 0 aromatic heterocycles. The molecule has 2 N–H and O–H groups in total. The summed E-state index contributed by atoms with van der Waals surface area (Å²) in [5, 5.41) is 6.49. The molecule has 23 heavy (non-hydrogen) atoms. The first-order chi connectivity index (χ1) is 10.9. The lowest BCUT2D eigenvalue weighted by Crippen LogP contribution is -2.50. The summed E-state index contributed by atoms with van der Waals surface area (Å²) >= 11 is 0. The maximum Gasteiger partial charge on any atom is 0.237 e. The number of carbonyl (C=O) groups excluding carboxylic acids is 1. The van der Waals surface area contributed by atoms with Gasteiger partial charge in [-0.15, -0.1) is 0 Å². The van der Waals surface area contributed by atoms with Gasteiger partial charge >= 0.3 is 0 Å². The highest BCUT2D eigenvalue weighted by Gasteiger charge is 2.23. The van der Waals surface area contributed by atoms with Crippen molar-refractivity contribution in [2.75, 3.05) is 0 Å². The predicted octanol–water partition coefficient (Wildman–Crippen LogP) is 3.67. The van der Waals surface area contributed by atoms with E-state index in [1.807, 2.05) is 64.1 Å². The maximum absolute atomic E-state index is 12.4. The molecule has 0 bridgehead atoms. The van der Waals surface area contributed by atoms with Gasteiger partial charge in [0.1, 0.15) is 0 Å². The van der Waals surface area contributed by atoms with Crippen molar-refractivity contribution in [1.82, 2.24) is 10.6 Å². The molecule has 0 aliphatic heterocycles. The lowest BCUT2D eigenvalue weighted by molar-refractivity contribution is -0.124. The summed E-state index contributed by atoms with van der Waals surface area (Å²) in [6, 6.07) is 20.1. The normalized spacial score (nSPS) is 12.9. The summed E-state index contributed by atoms with van der Waals surface area (Å²) in [6.45, 7) is 7.87. The fourth-order valence-electron chi connectivity index (χ4n) is 2.48. The molecule has 0 spiro atoms. The van der Waals surface area contributed by atoms with Gasteiger partial charge in [0.2, 0.25) is 5.91 Å². The van der Waals surface area contributed by atoms with Crippen molar-refractivity contribution in [3.63, 3.8) is 0 Å². The molecule has 3 heteroatoms. The average molecular weight is 310 g/mol. The minimum atomic E-state index is -0.292. The minimum absolute atomic E-state index is 0.00867. The van der Waals surface area contributed by atoms with E-state index in [1.165, 1.54) is 0 Å². The Morgan fingerprint density at radius 3 is 1.70 bits per heavy atom. The van der Waals surface area contributed by atoms with E-state index in [9.17, 15) is 4.79 Å². The number of hydrogen-bond donors (Lipinski definition) is 2. The largest absolute Gasteiger partial charge is 0.350 e. The molecule has 2 rings (SSSR count). The van der Waals surface area contributed by atoms with Crippen LogP contribution in [-0.4, -0.2) is 17.5 Å². The quantitative estimate of drug-likeness (QED) is 0.884. The Morgan fingerprint density at radius 2 is 1.30 bits per heavy atom. The van der Waals surface area contributed by atoms with Gasteiger partial charge in [0.25, 0.3) is 0 Å². The molecule has 0 radical (unpaired) electrons. The Kier molecular flexibility index (Phi) is 5.56. The Morgan fingerprint density at radius 1 is 0.870 bits per heavy atom. The van der Waals surface area contributed by atoms with E-state index in [4.69, 9.17) is 0 Å². The summed E-state index contributed by atoms with van der Waals surface area (Å²) in [5.74, 6) is 0.00867. The molecular weight excluding hydrogens is 284 g/mol. The third-order valence-corrected chi connectivity index (χ3v) is 3.57. The highest BCUT2D eigenvalue weighted by Crippen LogP contribution is 2.22. The Balaban J connectivity index is 2.21. The van der Waals surface area contributed by atoms with E-state index < -0.39 is 0 Å². The summed E-state index contributed by atoms with van der Waals surface area (Å²) in [7, 11) is 0. The van der Waals surface area contributed by atoms with E-state index in [-0.39, 0.29) is 23.5 Å². The smallest absolute Gasteiger partial charge is 0.237 e. The Bertz CT molecular complexity index is 578. The highest BCUT2D eigenvalue weighted by molar-refractivity contribution is 5.82. The van der Waals surface area contributed by atoms with Gasteiger partial charge in [-0.05, 0) is 38.8 Å². The van der Waals surface area contributed by atoms with Gasteiger partial charge in [-0.25, -0.2) is 0 Å². The van der Waals surface area contributed by atoms with Crippen LogP contribution in [-0.2, 0) is 4.79 Å². The molecule has 3 nitrogen and oxygen atoms in total. The first-order valence-corrected chi connectivity index (χ1v) is 8.05. The van der Waals surface area contributed by atoms with Crippen molar-refractivity contribution in [2.45, 2.75) is 45.3 Å². The molecule has 0 unspecified atom stereocenters. The fraction of sp³-hybridized carbons (Fsp3) is 0.350. The van der Waals surface area contributed by atoms with Gasteiger partial charge in [-0.3, -0.25) is 10.1 Å². The summed E-state index contributed by atoms with van der Waals surface area (Å²) in [6.07, 6.45) is 0. The molecule has 0 fully saturated rings. The van der Waals surface area contributed by atoms with Crippen molar-refractivity contribution in [3.05, 3.63) is 71.8 Å². The number of hydrogen-bond acceptors (Lipinski definition) is 2. The van der Waals surface area contributed by atoms with Gasteiger partial charge in [0, 0.05) is 5.54 Å². The number of nitrogens with one attached hydrogen (secondary N) is 2. The predicted molar refractivity (Wildman–Crippen MR) is 95.2 cm³/mol. The molecule has 122 valence electrons. The van der Waals surface area contributed by atoms with E-state index in [0.29, 0.717) is 0 Å². The van der Waals surface area contributed by atoms with Crippen molar-refractivity contribution in [2.24, 2.45) is 0 Å². The Hall–Kier alpha value is -2.13. The van der Waals surface area contributed by atoms with Crippen LogP contribution < -0.4 is 10.6 Å². The van der Waals surface area contributed by atoms with Crippen LogP contribution in [0.2, 0.25) is 0 Å². The van der Waals surface area contributed by atoms with Crippen LogP contribution in [0.3, 0.4) is 0 Å². The van der Waals surface area contributed by atoms with Crippen LogP contribution in [0.4, 0.5) is 0 Å². The number of carbonyl (C=O) groups is 1. The third kappa shape index (κ3) is 5.22. The topological polar surface area (TPSA) is 41.1 Å². The molecule has 1 atom stereocenters. The van der Waals surface area contributed by atoms with E-state index >= 15 is 0 Å². The maximum atomic E-state index is 12.4. The number of amides is 1. The van der Waals surface area contributed by atoms with Gasteiger partial charge in [0.05, 0.1) is 12.1 Å². The lowest BCUT2D eigenvalue weighted by Gasteiger charge is -2.27. The van der Waals surface area contributed by atoms with Crippen LogP contribution in [0.25, 0.3) is 0 Å². The second kappa shape index (κ2) is 7.42. The van der Waals surface area contributed by atoms with Gasteiger partial charge < -0.3 is 5.32 Å². The molecule has 2 aromatic carbocycles. The van der Waals surface area contributed by atoms with Crippen molar-refractivity contribution in [1.29, 1.82) is 0 Å². The van der Waals surface area contributed by atoms with E-state index in [0.717, 1.165) is 11.1 Å². The van der Waals surface area contributed by atoms with Crippen LogP contribution in [0.1, 0.15) is 44.9 Å². The molecule has 0 aliphatic rings. The second-order valence-electron chi connectivity index (χ2n) is 6.88. The summed E-state index contributed by atoms with van der Waals surface area (Å²) in [5.41, 5.74) is 2.06. The second-order valence-corrected chi connectivity index (χ2v) is 6.88. The molecule has 0 saturated heterocycles. The number of rotatable bonds is 5. The fourth-order valence-corrected chi connectivity index (χ4v) is 2.48. The van der Waals surface area contributed by atoms with Crippen LogP contribution in [0.5, 0.6) is 0 Å². The molecule has 0 heterocycles. The zero-order valence-electron chi connectivity index (χ0n) is 14.3. The van der Waals surface area contributed by atoms with E-state index in [1.54, 1.807) is 0 Å². The zero-order chi connectivity index (χ0) is 16.9. The van der Waals surface area contributed by atoms with Crippen LogP contribution in [0, 0.1) is 0 Å². The SMILES string of the molecule is C[C@@H](NC(c1ccccc1)c1ccccc1)C(=O)NC(C)(C)C. The van der Waals surface area contributed by atoms with Gasteiger partial charge in [-0.1, -0.05) is 60.7 Å². The van der Waals surface area contributed by atoms with Crippen molar-refractivity contribution in [3.8, 4) is 0 Å². The van der Waals surface area contributed by atoms with Crippen molar-refractivity contribution < 1.29 is 4.79 Å². The van der Waals surface area contributed by atoms with Crippen LogP contribution >= 0.6 is 0 Å². The zero-order valence-corrected chi connectivity index (χ0v) is 14.3. The minimum Gasteiger partial charge on any atom is -0.350 e. The lowest BCUT2D eigenvalue weighted by atomic mass is 9.97. The standard InChI is InChI=1S/C20H26N2O/c1-15(19(23)22-20(2,3)4)21-18(16-11-7-5-8-12-16)17-13-9-6-10-14-17/h5-15,18,21H,1-4H3,(H,22,23)/t15-/m1/s1. The van der Waals surface area contributed by atoms with E-state index in [2.05, 4.69) is 34.9 Å². The molecule has 0 saturated carbocycles. The molecule has 0 aliphatic carbocycles. The first kappa shape index (κ1) is 17.2.